The molecule has 0 spiro atoms. The number of nitrogen functional groups attached to an aromatic ring is 1. The minimum Gasteiger partial charge on any atom is -0.398 e. The van der Waals surface area contributed by atoms with Crippen molar-refractivity contribution in [2.75, 3.05) is 32.5 Å². The van der Waals surface area contributed by atoms with Gasteiger partial charge in [0.15, 0.2) is 0 Å². The van der Waals surface area contributed by atoms with Crippen molar-refractivity contribution in [3.8, 4) is 0 Å². The van der Waals surface area contributed by atoms with Crippen LogP contribution in [0.25, 0.3) is 0 Å². The van der Waals surface area contributed by atoms with Gasteiger partial charge in [0, 0.05) is 36.9 Å². The average Bonchev–Trinajstić information content (AvgIpc) is 2.30. The van der Waals surface area contributed by atoms with Crippen molar-refractivity contribution in [3.63, 3.8) is 0 Å². The Morgan fingerprint density at radius 1 is 1.39 bits per heavy atom. The Morgan fingerprint density at radius 3 is 2.67 bits per heavy atom. The lowest BCUT2D eigenvalue weighted by atomic mass is 10.1. The Labute approximate surface area is 118 Å². The molecule has 1 aromatic carbocycles. The second-order valence-corrected chi connectivity index (χ2v) is 5.83. The van der Waals surface area contributed by atoms with Crippen molar-refractivity contribution in [2.24, 2.45) is 5.92 Å². The minimum absolute atomic E-state index is 0.652. The van der Waals surface area contributed by atoms with E-state index in [0.717, 1.165) is 36.4 Å². The Hall–Kier alpha value is -0.580. The number of anilines is 1. The first-order chi connectivity index (χ1) is 8.52. The SMILES string of the molecule is COCCN(Cc1ccc(N)c(Br)c1)CC(C)C. The Bertz CT molecular complexity index is 369. The summed E-state index contributed by atoms with van der Waals surface area (Å²) < 4.78 is 6.13. The molecule has 0 bridgehead atoms. The van der Waals surface area contributed by atoms with E-state index in [0.29, 0.717) is 5.92 Å². The van der Waals surface area contributed by atoms with Crippen LogP contribution < -0.4 is 5.73 Å². The monoisotopic (exact) mass is 314 g/mol. The predicted octanol–water partition coefficient (Wildman–Crippen LogP) is 3.14. The quantitative estimate of drug-likeness (QED) is 0.786. The van der Waals surface area contributed by atoms with E-state index in [9.17, 15) is 0 Å². The number of methoxy groups -OCH3 is 1. The maximum absolute atomic E-state index is 5.80. The summed E-state index contributed by atoms with van der Waals surface area (Å²) in [7, 11) is 1.74. The number of hydrogen-bond donors (Lipinski definition) is 1. The number of ether oxygens (including phenoxy) is 1. The van der Waals surface area contributed by atoms with E-state index in [-0.39, 0.29) is 0 Å². The van der Waals surface area contributed by atoms with Gasteiger partial charge in [-0.2, -0.15) is 0 Å². The molecule has 18 heavy (non-hydrogen) atoms. The van der Waals surface area contributed by atoms with Crippen LogP contribution in [0.4, 0.5) is 5.69 Å². The Kier molecular flexibility index (Phi) is 6.68. The highest BCUT2D eigenvalue weighted by atomic mass is 79.9. The summed E-state index contributed by atoms with van der Waals surface area (Å²) in [4.78, 5) is 2.41. The molecular formula is C14H23BrN2O. The molecule has 0 atom stereocenters. The molecule has 3 nitrogen and oxygen atoms in total. The van der Waals surface area contributed by atoms with E-state index in [1.165, 1.54) is 5.56 Å². The standard InChI is InChI=1S/C14H23BrN2O/c1-11(2)9-17(6-7-18-3)10-12-4-5-14(16)13(15)8-12/h4-5,8,11H,6-7,9-10,16H2,1-3H3. The van der Waals surface area contributed by atoms with Gasteiger partial charge >= 0.3 is 0 Å². The van der Waals surface area contributed by atoms with Gasteiger partial charge in [0.1, 0.15) is 0 Å². The number of nitrogens with zero attached hydrogens (tertiary/aromatic N) is 1. The fourth-order valence-electron chi connectivity index (χ4n) is 1.90. The van der Waals surface area contributed by atoms with E-state index >= 15 is 0 Å². The van der Waals surface area contributed by atoms with Crippen molar-refractivity contribution >= 4 is 21.6 Å². The van der Waals surface area contributed by atoms with Crippen molar-refractivity contribution in [3.05, 3.63) is 28.2 Å². The molecule has 1 aromatic rings. The second kappa shape index (κ2) is 7.77. The van der Waals surface area contributed by atoms with Crippen LogP contribution in [0.3, 0.4) is 0 Å². The average molecular weight is 315 g/mol. The van der Waals surface area contributed by atoms with Gasteiger partial charge in [0.05, 0.1) is 6.61 Å². The fourth-order valence-corrected chi connectivity index (χ4v) is 2.33. The molecule has 1 rings (SSSR count). The summed E-state index contributed by atoms with van der Waals surface area (Å²) in [5.74, 6) is 0.652. The predicted molar refractivity (Wildman–Crippen MR) is 80.5 cm³/mol. The van der Waals surface area contributed by atoms with Gasteiger partial charge in [-0.1, -0.05) is 19.9 Å². The second-order valence-electron chi connectivity index (χ2n) is 4.98. The molecule has 0 radical (unpaired) electrons. The van der Waals surface area contributed by atoms with Gasteiger partial charge in [0.2, 0.25) is 0 Å². The molecule has 2 N–H and O–H groups in total. The van der Waals surface area contributed by atoms with Crippen LogP contribution >= 0.6 is 15.9 Å². The van der Waals surface area contributed by atoms with Crippen LogP contribution in [0.15, 0.2) is 22.7 Å². The molecule has 0 saturated heterocycles. The first kappa shape index (κ1) is 15.5. The molecule has 4 heteroatoms. The third-order valence-corrected chi connectivity index (χ3v) is 3.39. The summed E-state index contributed by atoms with van der Waals surface area (Å²) in [5, 5.41) is 0. The smallest absolute Gasteiger partial charge is 0.0589 e. The maximum Gasteiger partial charge on any atom is 0.0589 e. The summed E-state index contributed by atoms with van der Waals surface area (Å²) >= 11 is 3.47. The van der Waals surface area contributed by atoms with Crippen LogP contribution in [0.1, 0.15) is 19.4 Å². The molecule has 0 aliphatic heterocycles. The highest BCUT2D eigenvalue weighted by molar-refractivity contribution is 9.10. The van der Waals surface area contributed by atoms with Crippen LogP contribution in [-0.4, -0.2) is 31.7 Å². The maximum atomic E-state index is 5.80. The topological polar surface area (TPSA) is 38.5 Å². The number of hydrogen-bond acceptors (Lipinski definition) is 3. The summed E-state index contributed by atoms with van der Waals surface area (Å²) in [6, 6.07) is 6.12. The lowest BCUT2D eigenvalue weighted by Gasteiger charge is -2.24. The Morgan fingerprint density at radius 2 is 2.11 bits per heavy atom. The van der Waals surface area contributed by atoms with E-state index in [2.05, 4.69) is 46.8 Å². The molecule has 0 amide bonds. The van der Waals surface area contributed by atoms with Crippen molar-refractivity contribution in [1.82, 2.24) is 4.90 Å². The molecule has 0 fully saturated rings. The molecule has 0 heterocycles. The van der Waals surface area contributed by atoms with E-state index in [4.69, 9.17) is 10.5 Å². The number of rotatable bonds is 7. The zero-order valence-corrected chi connectivity index (χ0v) is 13.0. The summed E-state index contributed by atoms with van der Waals surface area (Å²) in [5.41, 5.74) is 7.85. The molecule has 102 valence electrons. The lowest BCUT2D eigenvalue weighted by molar-refractivity contribution is 0.136. The van der Waals surface area contributed by atoms with E-state index < -0.39 is 0 Å². The summed E-state index contributed by atoms with van der Waals surface area (Å²) in [6.07, 6.45) is 0. The normalized spacial score (nSPS) is 11.4. The van der Waals surface area contributed by atoms with Crippen molar-refractivity contribution in [2.45, 2.75) is 20.4 Å². The highest BCUT2D eigenvalue weighted by Gasteiger charge is 2.09. The third kappa shape index (κ3) is 5.38. The Balaban J connectivity index is 2.65. The number of halogens is 1. The zero-order chi connectivity index (χ0) is 13.5. The largest absolute Gasteiger partial charge is 0.398 e. The van der Waals surface area contributed by atoms with E-state index in [1.807, 2.05) is 6.07 Å². The third-order valence-electron chi connectivity index (χ3n) is 2.71. The van der Waals surface area contributed by atoms with E-state index in [1.54, 1.807) is 7.11 Å². The van der Waals surface area contributed by atoms with Gasteiger partial charge in [0.25, 0.3) is 0 Å². The van der Waals surface area contributed by atoms with Gasteiger partial charge < -0.3 is 10.5 Å². The molecule has 0 aromatic heterocycles. The summed E-state index contributed by atoms with van der Waals surface area (Å²) in [6.45, 7) is 8.20. The zero-order valence-electron chi connectivity index (χ0n) is 11.4. The fraction of sp³-hybridized carbons (Fsp3) is 0.571. The van der Waals surface area contributed by atoms with Crippen LogP contribution in [0.5, 0.6) is 0 Å². The molecular weight excluding hydrogens is 292 g/mol. The number of nitrogens with two attached hydrogens (primary N) is 1. The van der Waals surface area contributed by atoms with Gasteiger partial charge in [-0.25, -0.2) is 0 Å². The van der Waals surface area contributed by atoms with Crippen LogP contribution in [-0.2, 0) is 11.3 Å². The lowest BCUT2D eigenvalue weighted by Crippen LogP contribution is -2.30. The number of benzene rings is 1. The van der Waals surface area contributed by atoms with Crippen molar-refractivity contribution < 1.29 is 4.74 Å². The first-order valence-electron chi connectivity index (χ1n) is 6.28. The van der Waals surface area contributed by atoms with Gasteiger partial charge in [-0.3, -0.25) is 4.90 Å². The van der Waals surface area contributed by atoms with Crippen LogP contribution in [0, 0.1) is 5.92 Å². The van der Waals surface area contributed by atoms with Gasteiger partial charge in [-0.05, 0) is 39.5 Å². The van der Waals surface area contributed by atoms with Crippen LogP contribution in [0.2, 0.25) is 0 Å². The first-order valence-corrected chi connectivity index (χ1v) is 7.07. The highest BCUT2D eigenvalue weighted by Crippen LogP contribution is 2.21. The minimum atomic E-state index is 0.652. The molecule has 0 unspecified atom stereocenters. The molecule has 0 saturated carbocycles. The van der Waals surface area contributed by atoms with Gasteiger partial charge in [-0.15, -0.1) is 0 Å². The molecule has 0 aliphatic rings. The molecule has 0 aliphatic carbocycles. The van der Waals surface area contributed by atoms with Crippen molar-refractivity contribution in [1.29, 1.82) is 0 Å².